The van der Waals surface area contributed by atoms with Gasteiger partial charge in [0.15, 0.2) is 0 Å². The highest BCUT2D eigenvalue weighted by Crippen LogP contribution is 2.35. The number of rotatable bonds is 4. The molecule has 0 saturated heterocycles. The summed E-state index contributed by atoms with van der Waals surface area (Å²) in [5.74, 6) is -0.999. The number of carbonyl (C=O) groups is 1. The first kappa shape index (κ1) is 14.3. The fourth-order valence-corrected chi connectivity index (χ4v) is 3.17. The predicted molar refractivity (Wildman–Crippen MR) is 84.3 cm³/mol. The maximum Gasteiger partial charge on any atom is 0.313 e. The van der Waals surface area contributed by atoms with Crippen LogP contribution in [0.2, 0.25) is 0 Å². The summed E-state index contributed by atoms with van der Waals surface area (Å²) in [5.41, 5.74) is 1.13. The Balaban J connectivity index is 2.29. The molecule has 0 unspecified atom stereocenters. The molecule has 1 heterocycles. The summed E-state index contributed by atoms with van der Waals surface area (Å²) in [5, 5.41) is 21.4. The van der Waals surface area contributed by atoms with Gasteiger partial charge in [0.1, 0.15) is 0 Å². The third kappa shape index (κ3) is 2.58. The van der Waals surface area contributed by atoms with Crippen LogP contribution in [0, 0.1) is 10.1 Å². The van der Waals surface area contributed by atoms with E-state index in [2.05, 4.69) is 4.98 Å². The first-order valence-electron chi connectivity index (χ1n) is 6.38. The first-order chi connectivity index (χ1) is 10.6. The van der Waals surface area contributed by atoms with Crippen LogP contribution in [0.5, 0.6) is 0 Å². The minimum atomic E-state index is -0.916. The number of thioether (sulfide) groups is 1. The maximum absolute atomic E-state index is 10.9. The van der Waals surface area contributed by atoms with Crippen LogP contribution in [0.1, 0.15) is 0 Å². The molecule has 3 aromatic rings. The van der Waals surface area contributed by atoms with Gasteiger partial charge in [-0.2, -0.15) is 0 Å². The number of hydrogen-bond donors (Lipinski definition) is 1. The normalized spacial score (nSPS) is 10.9. The third-order valence-electron chi connectivity index (χ3n) is 3.17. The molecular weight excluding hydrogens is 304 g/mol. The average molecular weight is 314 g/mol. The molecule has 22 heavy (non-hydrogen) atoms. The molecule has 0 atom stereocenters. The summed E-state index contributed by atoms with van der Waals surface area (Å²) < 4.78 is 0. The molecule has 110 valence electrons. The van der Waals surface area contributed by atoms with Gasteiger partial charge in [-0.05, 0) is 12.1 Å². The van der Waals surface area contributed by atoms with Gasteiger partial charge in [-0.15, -0.1) is 11.8 Å². The molecule has 0 aliphatic heterocycles. The first-order valence-corrected chi connectivity index (χ1v) is 7.36. The lowest BCUT2D eigenvalue weighted by atomic mass is 10.1. The fourth-order valence-electron chi connectivity index (χ4n) is 2.25. The van der Waals surface area contributed by atoms with Crippen molar-refractivity contribution in [3.05, 3.63) is 52.6 Å². The smallest absolute Gasteiger partial charge is 0.313 e. The Morgan fingerprint density at radius 2 is 1.91 bits per heavy atom. The Morgan fingerprint density at radius 1 is 1.18 bits per heavy atom. The Labute approximate surface area is 128 Å². The van der Waals surface area contributed by atoms with Gasteiger partial charge in [-0.25, -0.2) is 4.98 Å². The quantitative estimate of drug-likeness (QED) is 0.343. The highest BCUT2D eigenvalue weighted by molar-refractivity contribution is 8.00. The molecule has 0 fully saturated rings. The van der Waals surface area contributed by atoms with E-state index in [9.17, 15) is 14.9 Å². The van der Waals surface area contributed by atoms with Gasteiger partial charge < -0.3 is 5.11 Å². The summed E-state index contributed by atoms with van der Waals surface area (Å²) in [6.45, 7) is 0. The summed E-state index contributed by atoms with van der Waals surface area (Å²) in [4.78, 5) is 26.5. The Morgan fingerprint density at radius 3 is 2.64 bits per heavy atom. The van der Waals surface area contributed by atoms with Crippen LogP contribution in [0.25, 0.3) is 21.8 Å². The monoisotopic (exact) mass is 314 g/mol. The minimum Gasteiger partial charge on any atom is -0.481 e. The van der Waals surface area contributed by atoms with Crippen molar-refractivity contribution in [3.8, 4) is 0 Å². The zero-order chi connectivity index (χ0) is 15.7. The second-order valence-electron chi connectivity index (χ2n) is 4.60. The maximum atomic E-state index is 10.9. The van der Waals surface area contributed by atoms with E-state index in [0.717, 1.165) is 15.7 Å². The molecule has 0 aliphatic rings. The zero-order valence-corrected chi connectivity index (χ0v) is 12.0. The standard InChI is InChI=1S/C15H10N2O4S/c18-14(19)8-22-15-10-3-1-2-4-12(10)16-13-7-9(17(20)21)5-6-11(13)15/h1-7H,8H2,(H,18,19). The molecule has 0 saturated carbocycles. The summed E-state index contributed by atoms with van der Waals surface area (Å²) in [7, 11) is 0. The van der Waals surface area contributed by atoms with Crippen molar-refractivity contribution >= 4 is 45.2 Å². The van der Waals surface area contributed by atoms with Gasteiger partial charge in [-0.3, -0.25) is 14.9 Å². The van der Waals surface area contributed by atoms with Gasteiger partial charge in [0.25, 0.3) is 5.69 Å². The SMILES string of the molecule is O=C(O)CSc1c2ccccc2nc2cc([N+](=O)[O-])ccc12. The second-order valence-corrected chi connectivity index (χ2v) is 5.58. The molecule has 6 nitrogen and oxygen atoms in total. The van der Waals surface area contributed by atoms with Crippen molar-refractivity contribution < 1.29 is 14.8 Å². The van der Waals surface area contributed by atoms with E-state index in [0.29, 0.717) is 11.0 Å². The van der Waals surface area contributed by atoms with E-state index in [1.165, 1.54) is 23.9 Å². The highest BCUT2D eigenvalue weighted by Gasteiger charge is 2.14. The molecule has 7 heteroatoms. The van der Waals surface area contributed by atoms with Crippen molar-refractivity contribution in [1.29, 1.82) is 0 Å². The Hall–Kier alpha value is -2.67. The number of nitrogens with zero attached hydrogens (tertiary/aromatic N) is 2. The number of non-ortho nitro benzene ring substituents is 1. The number of nitro groups is 1. The lowest BCUT2D eigenvalue weighted by Crippen LogP contribution is -1.98. The Bertz CT molecular complexity index is 911. The zero-order valence-electron chi connectivity index (χ0n) is 11.2. The number of nitro benzene ring substituents is 1. The second kappa shape index (κ2) is 5.61. The van der Waals surface area contributed by atoms with Gasteiger partial charge in [0, 0.05) is 27.8 Å². The van der Waals surface area contributed by atoms with E-state index in [4.69, 9.17) is 5.11 Å². The van der Waals surface area contributed by atoms with Gasteiger partial charge in [0.2, 0.25) is 0 Å². The summed E-state index contributed by atoms with van der Waals surface area (Å²) >= 11 is 1.19. The highest BCUT2D eigenvalue weighted by atomic mass is 32.2. The van der Waals surface area contributed by atoms with Crippen LogP contribution >= 0.6 is 11.8 Å². The van der Waals surface area contributed by atoms with Gasteiger partial charge in [0.05, 0.1) is 21.7 Å². The van der Waals surface area contributed by atoms with Crippen LogP contribution in [0.3, 0.4) is 0 Å². The van der Waals surface area contributed by atoms with Crippen molar-refractivity contribution in [2.24, 2.45) is 0 Å². The topological polar surface area (TPSA) is 93.3 Å². The average Bonchev–Trinajstić information content (AvgIpc) is 2.50. The van der Waals surface area contributed by atoms with Crippen LogP contribution in [0.4, 0.5) is 5.69 Å². The van der Waals surface area contributed by atoms with E-state index >= 15 is 0 Å². The number of aromatic nitrogens is 1. The Kier molecular flexibility index (Phi) is 3.64. The molecule has 0 aliphatic carbocycles. The van der Waals surface area contributed by atoms with E-state index < -0.39 is 10.9 Å². The third-order valence-corrected chi connectivity index (χ3v) is 4.29. The van der Waals surface area contributed by atoms with Gasteiger partial charge in [-0.1, -0.05) is 18.2 Å². The number of pyridine rings is 1. The lowest BCUT2D eigenvalue weighted by molar-refractivity contribution is -0.384. The van der Waals surface area contributed by atoms with E-state index in [1.54, 1.807) is 12.1 Å². The molecule has 1 aromatic heterocycles. The van der Waals surface area contributed by atoms with Crippen molar-refractivity contribution in [2.75, 3.05) is 5.75 Å². The molecule has 0 radical (unpaired) electrons. The van der Waals surface area contributed by atoms with Crippen molar-refractivity contribution in [1.82, 2.24) is 4.98 Å². The number of aliphatic carboxylic acids is 1. The van der Waals surface area contributed by atoms with Gasteiger partial charge >= 0.3 is 5.97 Å². The van der Waals surface area contributed by atoms with Crippen LogP contribution in [0.15, 0.2) is 47.4 Å². The fraction of sp³-hybridized carbons (Fsp3) is 0.0667. The molecule has 1 N–H and O–H groups in total. The molecule has 0 bridgehead atoms. The van der Waals surface area contributed by atoms with E-state index in [-0.39, 0.29) is 11.4 Å². The van der Waals surface area contributed by atoms with E-state index in [1.807, 2.05) is 18.2 Å². The van der Waals surface area contributed by atoms with Crippen LogP contribution in [-0.4, -0.2) is 26.7 Å². The number of hydrogen-bond acceptors (Lipinski definition) is 5. The summed E-state index contributed by atoms with van der Waals surface area (Å²) in [6.07, 6.45) is 0. The molecule has 0 amide bonds. The van der Waals surface area contributed by atoms with Crippen LogP contribution < -0.4 is 0 Å². The summed E-state index contributed by atoms with van der Waals surface area (Å²) in [6, 6.07) is 11.8. The number of benzene rings is 2. The number of fused-ring (bicyclic) bond motifs is 2. The molecule has 3 rings (SSSR count). The van der Waals surface area contributed by atoms with Crippen LogP contribution in [-0.2, 0) is 4.79 Å². The molecule has 0 spiro atoms. The molecular formula is C15H10N2O4S. The lowest BCUT2D eigenvalue weighted by Gasteiger charge is -2.09. The molecule has 2 aromatic carbocycles. The number of carboxylic acid groups (broad SMARTS) is 1. The minimum absolute atomic E-state index is 0.0375. The number of para-hydroxylation sites is 1. The largest absolute Gasteiger partial charge is 0.481 e. The predicted octanol–water partition coefficient (Wildman–Crippen LogP) is 3.47. The van der Waals surface area contributed by atoms with Crippen molar-refractivity contribution in [2.45, 2.75) is 4.90 Å². The number of carboxylic acids is 1. The van der Waals surface area contributed by atoms with Crippen molar-refractivity contribution in [3.63, 3.8) is 0 Å².